The lowest BCUT2D eigenvalue weighted by Gasteiger charge is -2.26. The Hall–Kier alpha value is -0.570. The van der Waals surface area contributed by atoms with Crippen LogP contribution in [0.4, 0.5) is 0 Å². The van der Waals surface area contributed by atoms with Gasteiger partial charge in [-0.1, -0.05) is 26.2 Å². The fourth-order valence-electron chi connectivity index (χ4n) is 2.98. The van der Waals surface area contributed by atoms with Gasteiger partial charge in [0.25, 0.3) is 0 Å². The average Bonchev–Trinajstić information content (AvgIpc) is 2.38. The molecule has 2 atom stereocenters. The smallest absolute Gasteiger partial charge is 0.305 e. The van der Waals surface area contributed by atoms with E-state index in [1.54, 1.807) is 0 Å². The standard InChI is InChI=1S/C16H31NO2/c1-3-19-16(18)10-5-4-6-11-17-13-15-9-7-8-14(2)12-15/h14-15,17H,3-13H2,1-2H3. The van der Waals surface area contributed by atoms with Crippen molar-refractivity contribution >= 4 is 5.97 Å². The molecule has 3 heteroatoms. The van der Waals surface area contributed by atoms with Gasteiger partial charge in [0.1, 0.15) is 0 Å². The minimum absolute atomic E-state index is 0.0494. The lowest BCUT2D eigenvalue weighted by atomic mass is 9.82. The molecule has 3 nitrogen and oxygen atoms in total. The van der Waals surface area contributed by atoms with Crippen LogP contribution in [0.3, 0.4) is 0 Å². The first-order valence-electron chi connectivity index (χ1n) is 8.08. The van der Waals surface area contributed by atoms with E-state index in [2.05, 4.69) is 12.2 Å². The molecule has 0 bridgehead atoms. The maximum absolute atomic E-state index is 11.1. The topological polar surface area (TPSA) is 38.3 Å². The average molecular weight is 269 g/mol. The Morgan fingerprint density at radius 3 is 2.84 bits per heavy atom. The third-order valence-corrected chi connectivity index (χ3v) is 4.02. The monoisotopic (exact) mass is 269 g/mol. The third kappa shape index (κ3) is 8.25. The van der Waals surface area contributed by atoms with Crippen molar-refractivity contribution < 1.29 is 9.53 Å². The van der Waals surface area contributed by atoms with E-state index in [1.807, 2.05) is 6.92 Å². The number of carbonyl (C=O) groups is 1. The quantitative estimate of drug-likeness (QED) is 0.514. The lowest BCUT2D eigenvalue weighted by molar-refractivity contribution is -0.143. The van der Waals surface area contributed by atoms with Crippen LogP contribution in [-0.4, -0.2) is 25.7 Å². The van der Waals surface area contributed by atoms with Crippen LogP contribution in [0.25, 0.3) is 0 Å². The zero-order valence-electron chi connectivity index (χ0n) is 12.7. The first kappa shape index (κ1) is 16.5. The number of ether oxygens (including phenoxy) is 1. The fourth-order valence-corrected chi connectivity index (χ4v) is 2.98. The van der Waals surface area contributed by atoms with E-state index in [4.69, 9.17) is 4.74 Å². The molecule has 0 saturated heterocycles. The Morgan fingerprint density at radius 1 is 1.26 bits per heavy atom. The molecule has 1 saturated carbocycles. The van der Waals surface area contributed by atoms with Gasteiger partial charge >= 0.3 is 5.97 Å². The van der Waals surface area contributed by atoms with Crippen LogP contribution < -0.4 is 5.32 Å². The summed E-state index contributed by atoms with van der Waals surface area (Å²) in [5, 5.41) is 3.57. The molecule has 112 valence electrons. The highest BCUT2D eigenvalue weighted by Gasteiger charge is 2.17. The highest BCUT2D eigenvalue weighted by atomic mass is 16.5. The van der Waals surface area contributed by atoms with Crippen LogP contribution in [0.2, 0.25) is 0 Å². The molecule has 0 aromatic carbocycles. The van der Waals surface area contributed by atoms with Gasteiger partial charge in [-0.15, -0.1) is 0 Å². The Kier molecular flexibility index (Phi) is 8.89. The molecule has 0 spiro atoms. The van der Waals surface area contributed by atoms with E-state index < -0.39 is 0 Å². The first-order chi connectivity index (χ1) is 9.22. The van der Waals surface area contributed by atoms with Crippen LogP contribution in [0.5, 0.6) is 0 Å². The van der Waals surface area contributed by atoms with Gasteiger partial charge in [-0.25, -0.2) is 0 Å². The minimum Gasteiger partial charge on any atom is -0.466 e. The molecule has 2 unspecified atom stereocenters. The molecule has 1 rings (SSSR count). The molecule has 0 amide bonds. The summed E-state index contributed by atoms with van der Waals surface area (Å²) in [5.74, 6) is 1.76. The van der Waals surface area contributed by atoms with E-state index in [9.17, 15) is 4.79 Å². The molecular formula is C16H31NO2. The molecule has 0 aromatic rings. The molecule has 0 radical (unpaired) electrons. The molecule has 0 heterocycles. The Balaban J connectivity index is 1.87. The summed E-state index contributed by atoms with van der Waals surface area (Å²) < 4.78 is 4.90. The normalized spacial score (nSPS) is 23.3. The van der Waals surface area contributed by atoms with Gasteiger partial charge in [-0.3, -0.25) is 4.79 Å². The summed E-state index contributed by atoms with van der Waals surface area (Å²) in [6.45, 7) is 7.01. The molecule has 1 N–H and O–H groups in total. The molecular weight excluding hydrogens is 238 g/mol. The van der Waals surface area contributed by atoms with Crippen molar-refractivity contribution in [3.8, 4) is 0 Å². The summed E-state index contributed by atoms with van der Waals surface area (Å²) in [6, 6.07) is 0. The molecule has 1 fully saturated rings. The van der Waals surface area contributed by atoms with Crippen molar-refractivity contribution in [1.29, 1.82) is 0 Å². The van der Waals surface area contributed by atoms with Crippen molar-refractivity contribution in [2.45, 2.75) is 65.2 Å². The molecule has 0 aromatic heterocycles. The van der Waals surface area contributed by atoms with E-state index in [0.717, 1.165) is 31.2 Å². The van der Waals surface area contributed by atoms with Crippen molar-refractivity contribution in [3.05, 3.63) is 0 Å². The van der Waals surface area contributed by atoms with Gasteiger partial charge in [0.05, 0.1) is 6.61 Å². The minimum atomic E-state index is -0.0494. The number of carbonyl (C=O) groups excluding carboxylic acids is 1. The van der Waals surface area contributed by atoms with Crippen LogP contribution >= 0.6 is 0 Å². The van der Waals surface area contributed by atoms with Gasteiger partial charge in [0.15, 0.2) is 0 Å². The SMILES string of the molecule is CCOC(=O)CCCCCNCC1CCCC(C)C1. The molecule has 0 aliphatic heterocycles. The maximum atomic E-state index is 11.1. The maximum Gasteiger partial charge on any atom is 0.305 e. The number of hydrogen-bond donors (Lipinski definition) is 1. The zero-order chi connectivity index (χ0) is 13.9. The van der Waals surface area contributed by atoms with Crippen molar-refractivity contribution in [2.24, 2.45) is 11.8 Å². The van der Waals surface area contributed by atoms with Gasteiger partial charge in [0, 0.05) is 6.42 Å². The second-order valence-electron chi connectivity index (χ2n) is 5.96. The van der Waals surface area contributed by atoms with Crippen LogP contribution in [0.1, 0.15) is 65.2 Å². The zero-order valence-corrected chi connectivity index (χ0v) is 12.7. The van der Waals surface area contributed by atoms with Crippen molar-refractivity contribution in [2.75, 3.05) is 19.7 Å². The van der Waals surface area contributed by atoms with Crippen LogP contribution in [0, 0.1) is 11.8 Å². The highest BCUT2D eigenvalue weighted by molar-refractivity contribution is 5.69. The molecule has 1 aliphatic rings. The number of esters is 1. The summed E-state index contributed by atoms with van der Waals surface area (Å²) in [7, 11) is 0. The largest absolute Gasteiger partial charge is 0.466 e. The van der Waals surface area contributed by atoms with Gasteiger partial charge in [-0.2, -0.15) is 0 Å². The Bertz CT molecular complexity index is 243. The van der Waals surface area contributed by atoms with E-state index in [1.165, 1.54) is 38.6 Å². The Morgan fingerprint density at radius 2 is 2.11 bits per heavy atom. The van der Waals surface area contributed by atoms with Crippen LogP contribution in [0.15, 0.2) is 0 Å². The van der Waals surface area contributed by atoms with E-state index >= 15 is 0 Å². The summed E-state index contributed by atoms with van der Waals surface area (Å²) in [4.78, 5) is 11.1. The fraction of sp³-hybridized carbons (Fsp3) is 0.938. The van der Waals surface area contributed by atoms with E-state index in [0.29, 0.717) is 13.0 Å². The summed E-state index contributed by atoms with van der Waals surface area (Å²) in [6.07, 6.45) is 9.46. The van der Waals surface area contributed by atoms with Gasteiger partial charge in [-0.05, 0) is 57.5 Å². The molecule has 1 aliphatic carbocycles. The second-order valence-corrected chi connectivity index (χ2v) is 5.96. The summed E-state index contributed by atoms with van der Waals surface area (Å²) in [5.41, 5.74) is 0. The predicted molar refractivity (Wildman–Crippen MR) is 79.1 cm³/mol. The van der Waals surface area contributed by atoms with Crippen molar-refractivity contribution in [3.63, 3.8) is 0 Å². The van der Waals surface area contributed by atoms with Crippen molar-refractivity contribution in [1.82, 2.24) is 5.32 Å². The third-order valence-electron chi connectivity index (χ3n) is 4.02. The van der Waals surface area contributed by atoms with Gasteiger partial charge < -0.3 is 10.1 Å². The van der Waals surface area contributed by atoms with Gasteiger partial charge in [0.2, 0.25) is 0 Å². The number of rotatable bonds is 9. The Labute approximate surface area is 118 Å². The number of hydrogen-bond acceptors (Lipinski definition) is 3. The molecule has 19 heavy (non-hydrogen) atoms. The second kappa shape index (κ2) is 10.2. The first-order valence-corrected chi connectivity index (χ1v) is 8.08. The highest BCUT2D eigenvalue weighted by Crippen LogP contribution is 2.27. The summed E-state index contributed by atoms with van der Waals surface area (Å²) >= 11 is 0. The number of unbranched alkanes of at least 4 members (excludes halogenated alkanes) is 2. The lowest BCUT2D eigenvalue weighted by Crippen LogP contribution is -2.27. The van der Waals surface area contributed by atoms with E-state index in [-0.39, 0.29) is 5.97 Å². The van der Waals surface area contributed by atoms with Crippen LogP contribution in [-0.2, 0) is 9.53 Å². The number of nitrogens with one attached hydrogen (secondary N) is 1. The predicted octanol–water partition coefficient (Wildman–Crippen LogP) is 3.53.